The van der Waals surface area contributed by atoms with Crippen molar-refractivity contribution in [3.63, 3.8) is 0 Å². The van der Waals surface area contributed by atoms with E-state index in [0.29, 0.717) is 16.5 Å². The van der Waals surface area contributed by atoms with Crippen molar-refractivity contribution in [3.05, 3.63) is 58.0 Å². The molecule has 1 saturated heterocycles. The summed E-state index contributed by atoms with van der Waals surface area (Å²) in [6, 6.07) is 13.6. The van der Waals surface area contributed by atoms with Gasteiger partial charge in [-0.05, 0) is 55.3 Å². The van der Waals surface area contributed by atoms with Gasteiger partial charge in [-0.1, -0.05) is 46.4 Å². The third-order valence-electron chi connectivity index (χ3n) is 4.92. The standard InChI is InChI=1S/C21H20BrClN2O3S/c22-16-8-10-18(11-9-16)29(26,27)20-21(25-12-3-1-2-4-13-25)28-19(24-20)15-6-5-7-17(23)14-15/h5-11,14H,1-4,12-13H2. The summed E-state index contributed by atoms with van der Waals surface area (Å²) in [4.78, 5) is 6.61. The average molecular weight is 496 g/mol. The van der Waals surface area contributed by atoms with Crippen LogP contribution >= 0.6 is 27.5 Å². The summed E-state index contributed by atoms with van der Waals surface area (Å²) < 4.78 is 33.7. The molecule has 1 aliphatic heterocycles. The van der Waals surface area contributed by atoms with Gasteiger partial charge in [0, 0.05) is 28.1 Å². The van der Waals surface area contributed by atoms with Gasteiger partial charge in [-0.3, -0.25) is 0 Å². The molecule has 0 atom stereocenters. The molecule has 0 aliphatic carbocycles. The highest BCUT2D eigenvalue weighted by Gasteiger charge is 2.31. The number of aromatic nitrogens is 1. The van der Waals surface area contributed by atoms with E-state index in [4.69, 9.17) is 16.0 Å². The molecule has 0 N–H and O–H groups in total. The fourth-order valence-electron chi connectivity index (χ4n) is 3.42. The number of oxazole rings is 1. The first-order valence-corrected chi connectivity index (χ1v) is 12.1. The summed E-state index contributed by atoms with van der Waals surface area (Å²) in [5, 5.41) is 0.492. The van der Waals surface area contributed by atoms with E-state index < -0.39 is 9.84 Å². The molecule has 0 radical (unpaired) electrons. The molecule has 0 spiro atoms. The highest BCUT2D eigenvalue weighted by molar-refractivity contribution is 9.10. The molecule has 8 heteroatoms. The number of benzene rings is 2. The van der Waals surface area contributed by atoms with Gasteiger partial charge in [0.05, 0.1) is 4.90 Å². The quantitative estimate of drug-likeness (QED) is 0.446. The summed E-state index contributed by atoms with van der Waals surface area (Å²) in [6.07, 6.45) is 4.23. The minimum Gasteiger partial charge on any atom is -0.419 e. The zero-order valence-corrected chi connectivity index (χ0v) is 18.8. The molecule has 2 heterocycles. The molecule has 1 aliphatic rings. The normalized spacial score (nSPS) is 15.3. The molecule has 1 aromatic heterocycles. The Morgan fingerprint density at radius 3 is 2.34 bits per heavy atom. The van der Waals surface area contributed by atoms with Gasteiger partial charge < -0.3 is 9.32 Å². The van der Waals surface area contributed by atoms with Crippen molar-refractivity contribution in [1.29, 1.82) is 0 Å². The van der Waals surface area contributed by atoms with E-state index in [1.807, 2.05) is 4.90 Å². The predicted molar refractivity (Wildman–Crippen MR) is 117 cm³/mol. The van der Waals surface area contributed by atoms with Crippen LogP contribution in [0, 0.1) is 0 Å². The van der Waals surface area contributed by atoms with Gasteiger partial charge >= 0.3 is 0 Å². The molecule has 0 saturated carbocycles. The van der Waals surface area contributed by atoms with Crippen molar-refractivity contribution in [1.82, 2.24) is 4.98 Å². The zero-order valence-electron chi connectivity index (χ0n) is 15.6. The summed E-state index contributed by atoms with van der Waals surface area (Å²) in [7, 11) is -3.85. The Hall–Kier alpha value is -1.83. The molecule has 29 heavy (non-hydrogen) atoms. The van der Waals surface area contributed by atoms with Crippen LogP contribution in [0.3, 0.4) is 0 Å². The van der Waals surface area contributed by atoms with E-state index in [1.54, 1.807) is 48.5 Å². The van der Waals surface area contributed by atoms with Gasteiger partial charge in [-0.15, -0.1) is 0 Å². The summed E-state index contributed by atoms with van der Waals surface area (Å²) in [5.74, 6) is 0.562. The van der Waals surface area contributed by atoms with Crippen molar-refractivity contribution in [3.8, 4) is 11.5 Å². The van der Waals surface area contributed by atoms with Crippen molar-refractivity contribution >= 4 is 43.3 Å². The van der Waals surface area contributed by atoms with Crippen LogP contribution in [0.4, 0.5) is 5.88 Å². The molecule has 3 aromatic rings. The minimum absolute atomic E-state index is 0.0447. The SMILES string of the molecule is O=S(=O)(c1ccc(Br)cc1)c1nc(-c2cccc(Cl)c2)oc1N1CCCCCC1. The third kappa shape index (κ3) is 4.37. The molecule has 152 valence electrons. The zero-order chi connectivity index (χ0) is 20.4. The number of hydrogen-bond acceptors (Lipinski definition) is 5. The highest BCUT2D eigenvalue weighted by atomic mass is 79.9. The smallest absolute Gasteiger partial charge is 0.236 e. The van der Waals surface area contributed by atoms with Crippen molar-refractivity contribution in [2.75, 3.05) is 18.0 Å². The topological polar surface area (TPSA) is 63.4 Å². The van der Waals surface area contributed by atoms with Crippen LogP contribution in [0.25, 0.3) is 11.5 Å². The average Bonchev–Trinajstić information content (AvgIpc) is 2.98. The lowest BCUT2D eigenvalue weighted by Crippen LogP contribution is -2.25. The summed E-state index contributed by atoms with van der Waals surface area (Å²) in [6.45, 7) is 1.49. The molecule has 2 aromatic carbocycles. The summed E-state index contributed by atoms with van der Waals surface area (Å²) in [5.41, 5.74) is 0.644. The van der Waals surface area contributed by atoms with E-state index >= 15 is 0 Å². The van der Waals surface area contributed by atoms with Crippen molar-refractivity contribution in [2.24, 2.45) is 0 Å². The molecule has 0 unspecified atom stereocenters. The van der Waals surface area contributed by atoms with Gasteiger partial charge in [-0.2, -0.15) is 4.98 Å². The Balaban J connectivity index is 1.85. The molecule has 1 fully saturated rings. The van der Waals surface area contributed by atoms with Crippen molar-refractivity contribution < 1.29 is 12.8 Å². The maximum absolute atomic E-state index is 13.4. The molecule has 5 nitrogen and oxygen atoms in total. The molecular formula is C21H20BrClN2O3S. The Labute approximate surface area is 183 Å². The Kier molecular flexibility index (Phi) is 5.99. The number of hydrogen-bond donors (Lipinski definition) is 0. The van der Waals surface area contributed by atoms with E-state index in [9.17, 15) is 8.42 Å². The van der Waals surface area contributed by atoms with Crippen LogP contribution in [0.15, 0.2) is 67.3 Å². The van der Waals surface area contributed by atoms with E-state index in [1.165, 1.54) is 0 Å². The Morgan fingerprint density at radius 1 is 1.00 bits per heavy atom. The maximum atomic E-state index is 13.4. The van der Waals surface area contributed by atoms with Crippen LogP contribution in [0.1, 0.15) is 25.7 Å². The fraction of sp³-hybridized carbons (Fsp3) is 0.286. The lowest BCUT2D eigenvalue weighted by Gasteiger charge is -2.20. The summed E-state index contributed by atoms with van der Waals surface area (Å²) >= 11 is 9.46. The van der Waals surface area contributed by atoms with Crippen LogP contribution < -0.4 is 4.90 Å². The lowest BCUT2D eigenvalue weighted by atomic mass is 10.2. The van der Waals surface area contributed by atoms with Crippen LogP contribution in [-0.4, -0.2) is 26.5 Å². The molecule has 0 amide bonds. The van der Waals surface area contributed by atoms with Gasteiger partial charge in [0.15, 0.2) is 0 Å². The second-order valence-electron chi connectivity index (χ2n) is 7.00. The van der Waals surface area contributed by atoms with Gasteiger partial charge in [0.1, 0.15) is 0 Å². The maximum Gasteiger partial charge on any atom is 0.236 e. The highest BCUT2D eigenvalue weighted by Crippen LogP contribution is 2.36. The fourth-order valence-corrected chi connectivity index (χ4v) is 5.19. The molecular weight excluding hydrogens is 476 g/mol. The second-order valence-corrected chi connectivity index (χ2v) is 10.2. The monoisotopic (exact) mass is 494 g/mol. The predicted octanol–water partition coefficient (Wildman–Crippen LogP) is 5.97. The van der Waals surface area contributed by atoms with E-state index in [-0.39, 0.29) is 15.8 Å². The van der Waals surface area contributed by atoms with Gasteiger partial charge in [0.25, 0.3) is 0 Å². The third-order valence-corrected chi connectivity index (χ3v) is 7.35. The number of rotatable bonds is 4. The number of halogens is 2. The lowest BCUT2D eigenvalue weighted by molar-refractivity contribution is 0.543. The number of anilines is 1. The minimum atomic E-state index is -3.85. The number of nitrogens with zero attached hydrogens (tertiary/aromatic N) is 2. The first kappa shape index (κ1) is 20.4. The first-order valence-electron chi connectivity index (χ1n) is 9.47. The van der Waals surface area contributed by atoms with Gasteiger partial charge in [-0.25, -0.2) is 8.42 Å². The van der Waals surface area contributed by atoms with Crippen LogP contribution in [-0.2, 0) is 9.84 Å². The Morgan fingerprint density at radius 2 is 1.69 bits per heavy atom. The largest absolute Gasteiger partial charge is 0.419 e. The van der Waals surface area contributed by atoms with Crippen LogP contribution in [0.5, 0.6) is 0 Å². The number of sulfone groups is 1. The Bertz CT molecular complexity index is 1110. The van der Waals surface area contributed by atoms with Gasteiger partial charge in [0.2, 0.25) is 26.6 Å². The molecule has 0 bridgehead atoms. The first-order chi connectivity index (χ1) is 13.9. The van der Waals surface area contributed by atoms with E-state index in [2.05, 4.69) is 20.9 Å². The van der Waals surface area contributed by atoms with Crippen molar-refractivity contribution in [2.45, 2.75) is 35.6 Å². The van der Waals surface area contributed by atoms with Crippen LogP contribution in [0.2, 0.25) is 5.02 Å². The second kappa shape index (κ2) is 8.50. The molecule has 4 rings (SSSR count). The van der Waals surface area contributed by atoms with E-state index in [0.717, 1.165) is 43.2 Å².